The Morgan fingerprint density at radius 1 is 1.11 bits per heavy atom. The number of aryl methyl sites for hydroxylation is 1. The molecule has 35 heavy (non-hydrogen) atoms. The first-order valence-electron chi connectivity index (χ1n) is 11.4. The van der Waals surface area contributed by atoms with Crippen LogP contribution in [0.25, 0.3) is 10.9 Å². The topological polar surface area (TPSA) is 68.5 Å². The lowest BCUT2D eigenvalue weighted by Gasteiger charge is -2.14. The molecule has 1 N–H and O–H groups in total. The Bertz CT molecular complexity index is 1420. The smallest absolute Gasteiger partial charge is 0.275 e. The first-order valence-corrected chi connectivity index (χ1v) is 12.4. The number of halogens is 1. The van der Waals surface area contributed by atoms with Crippen molar-refractivity contribution >= 4 is 33.7 Å². The Morgan fingerprint density at radius 2 is 1.89 bits per heavy atom. The molecule has 1 aliphatic heterocycles. The molecule has 0 saturated carbocycles. The van der Waals surface area contributed by atoms with Crippen LogP contribution < -0.4 is 10.1 Å². The fraction of sp³-hybridized carbons (Fsp3) is 0.222. The van der Waals surface area contributed by atoms with E-state index >= 15 is 0 Å². The van der Waals surface area contributed by atoms with E-state index in [1.165, 1.54) is 23.9 Å². The van der Waals surface area contributed by atoms with Gasteiger partial charge in [-0.15, -0.1) is 0 Å². The first-order chi connectivity index (χ1) is 17.0. The van der Waals surface area contributed by atoms with Crippen molar-refractivity contribution in [2.45, 2.75) is 27.0 Å². The summed E-state index contributed by atoms with van der Waals surface area (Å²) < 4.78 is 21.7. The molecule has 5 rings (SSSR count). The number of benzene rings is 2. The van der Waals surface area contributed by atoms with Crippen LogP contribution in [0.4, 0.5) is 4.39 Å². The Morgan fingerprint density at radius 3 is 2.60 bits per heavy atom. The van der Waals surface area contributed by atoms with Crippen LogP contribution in [0.1, 0.15) is 32.9 Å². The van der Waals surface area contributed by atoms with Crippen molar-refractivity contribution in [1.29, 1.82) is 0 Å². The van der Waals surface area contributed by atoms with Gasteiger partial charge in [-0.05, 0) is 48.7 Å². The maximum atomic E-state index is 13.4. The number of carbonyl (C=O) groups is 1. The van der Waals surface area contributed by atoms with Crippen LogP contribution >= 0.6 is 11.8 Å². The van der Waals surface area contributed by atoms with Crippen LogP contribution in [-0.4, -0.2) is 32.9 Å². The summed E-state index contributed by atoms with van der Waals surface area (Å²) in [5.74, 6) is 0.600. The molecule has 4 aromatic rings. The number of amides is 1. The molecule has 0 spiro atoms. The Labute approximate surface area is 207 Å². The van der Waals surface area contributed by atoms with Crippen LogP contribution in [0.5, 0.6) is 5.88 Å². The monoisotopic (exact) mass is 488 g/mol. The van der Waals surface area contributed by atoms with E-state index in [0.29, 0.717) is 24.1 Å². The maximum absolute atomic E-state index is 13.4. The summed E-state index contributed by atoms with van der Waals surface area (Å²) in [6.45, 7) is 5.64. The number of rotatable bonds is 6. The minimum absolute atomic E-state index is 0.199. The van der Waals surface area contributed by atoms with E-state index in [-0.39, 0.29) is 24.0 Å². The summed E-state index contributed by atoms with van der Waals surface area (Å²) in [6.07, 6.45) is 0. The second-order valence-electron chi connectivity index (χ2n) is 8.40. The number of thioether (sulfide) groups is 1. The fourth-order valence-electron chi connectivity index (χ4n) is 4.11. The average molecular weight is 489 g/mol. The third-order valence-corrected chi connectivity index (χ3v) is 6.98. The molecule has 2 aromatic heterocycles. The van der Waals surface area contributed by atoms with Crippen molar-refractivity contribution in [3.05, 3.63) is 94.6 Å². The van der Waals surface area contributed by atoms with E-state index in [1.54, 1.807) is 12.1 Å². The van der Waals surface area contributed by atoms with Crippen LogP contribution in [-0.2, 0) is 13.2 Å². The molecule has 0 unspecified atom stereocenters. The highest BCUT2D eigenvalue weighted by molar-refractivity contribution is 8.14. The molecule has 0 radical (unpaired) electrons. The van der Waals surface area contributed by atoms with E-state index in [2.05, 4.69) is 38.9 Å². The lowest BCUT2D eigenvalue weighted by molar-refractivity contribution is 0.0972. The van der Waals surface area contributed by atoms with Crippen LogP contribution in [0.3, 0.4) is 0 Å². The molecule has 3 heterocycles. The van der Waals surface area contributed by atoms with Gasteiger partial charge in [0.05, 0.1) is 6.54 Å². The Kier molecular flexibility index (Phi) is 6.55. The van der Waals surface area contributed by atoms with Gasteiger partial charge in [-0.3, -0.25) is 15.1 Å². The SMILES string of the molecule is Cc1c(C)n(Cc2ccccc2)c2c(OCc3ccc(F)cc3)nc(C(=O)NC3=NCCS3)cc12. The van der Waals surface area contributed by atoms with Gasteiger partial charge in [0.25, 0.3) is 5.91 Å². The van der Waals surface area contributed by atoms with Crippen LogP contribution in [0, 0.1) is 19.7 Å². The largest absolute Gasteiger partial charge is 0.471 e. The fourth-order valence-corrected chi connectivity index (χ4v) is 4.83. The zero-order chi connectivity index (χ0) is 24.4. The van der Waals surface area contributed by atoms with Gasteiger partial charge in [-0.25, -0.2) is 9.37 Å². The number of amidine groups is 1. The van der Waals surface area contributed by atoms with E-state index in [1.807, 2.05) is 31.2 Å². The maximum Gasteiger partial charge on any atom is 0.275 e. The number of nitrogens with one attached hydrogen (secondary N) is 1. The molecule has 8 heteroatoms. The molecular formula is C27H25FN4O2S. The van der Waals surface area contributed by atoms with Crippen molar-refractivity contribution in [3.63, 3.8) is 0 Å². The number of aliphatic imine (C=N–C) groups is 1. The Balaban J connectivity index is 1.57. The van der Waals surface area contributed by atoms with Gasteiger partial charge in [0, 0.05) is 23.4 Å². The van der Waals surface area contributed by atoms with Crippen molar-refractivity contribution in [2.75, 3.05) is 12.3 Å². The minimum atomic E-state index is -0.320. The number of aromatic nitrogens is 2. The molecule has 0 aliphatic carbocycles. The molecule has 0 saturated heterocycles. The number of fused-ring (bicyclic) bond motifs is 1. The second kappa shape index (κ2) is 9.92. The lowest BCUT2D eigenvalue weighted by atomic mass is 10.1. The number of pyridine rings is 1. The van der Waals surface area contributed by atoms with Gasteiger partial charge in [0.1, 0.15) is 23.6 Å². The van der Waals surface area contributed by atoms with Gasteiger partial charge in [0.15, 0.2) is 5.17 Å². The molecule has 1 amide bonds. The molecule has 0 fully saturated rings. The quantitative estimate of drug-likeness (QED) is 0.402. The number of ether oxygens (including phenoxy) is 1. The highest BCUT2D eigenvalue weighted by Crippen LogP contribution is 2.33. The van der Waals surface area contributed by atoms with Crippen molar-refractivity contribution in [3.8, 4) is 5.88 Å². The molecular weight excluding hydrogens is 463 g/mol. The molecule has 2 aromatic carbocycles. The van der Waals surface area contributed by atoms with E-state index in [9.17, 15) is 9.18 Å². The molecule has 1 aliphatic rings. The third-order valence-electron chi connectivity index (χ3n) is 6.09. The zero-order valence-corrected chi connectivity index (χ0v) is 20.4. The third kappa shape index (κ3) is 4.93. The summed E-state index contributed by atoms with van der Waals surface area (Å²) in [5, 5.41) is 4.38. The van der Waals surface area contributed by atoms with Gasteiger partial charge in [0.2, 0.25) is 5.88 Å². The summed E-state index contributed by atoms with van der Waals surface area (Å²) in [4.78, 5) is 22.0. The average Bonchev–Trinajstić information content (AvgIpc) is 3.47. The first kappa shape index (κ1) is 23.1. The highest BCUT2D eigenvalue weighted by Gasteiger charge is 2.22. The molecule has 0 bridgehead atoms. The summed E-state index contributed by atoms with van der Waals surface area (Å²) in [5.41, 5.74) is 5.19. The number of hydrogen-bond acceptors (Lipinski definition) is 5. The highest BCUT2D eigenvalue weighted by atomic mass is 32.2. The van der Waals surface area contributed by atoms with Crippen molar-refractivity contribution < 1.29 is 13.9 Å². The summed E-state index contributed by atoms with van der Waals surface area (Å²) in [7, 11) is 0. The van der Waals surface area contributed by atoms with Gasteiger partial charge in [-0.2, -0.15) is 0 Å². The van der Waals surface area contributed by atoms with Gasteiger partial charge < -0.3 is 9.30 Å². The van der Waals surface area contributed by atoms with Crippen molar-refractivity contribution in [1.82, 2.24) is 14.9 Å². The predicted octanol–water partition coefficient (Wildman–Crippen LogP) is 5.25. The van der Waals surface area contributed by atoms with Crippen LogP contribution in [0.15, 0.2) is 65.7 Å². The van der Waals surface area contributed by atoms with E-state index in [0.717, 1.165) is 39.0 Å². The Hall–Kier alpha value is -3.65. The van der Waals surface area contributed by atoms with Crippen molar-refractivity contribution in [2.24, 2.45) is 4.99 Å². The number of carbonyl (C=O) groups excluding carboxylic acids is 1. The summed E-state index contributed by atoms with van der Waals surface area (Å²) in [6, 6.07) is 18.2. The minimum Gasteiger partial charge on any atom is -0.471 e. The standard InChI is InChI=1S/C27H25FN4O2S/c1-17-18(2)32(15-19-6-4-3-5-7-19)24-22(17)14-23(25(33)31-27-29-12-13-35-27)30-26(24)34-16-20-8-10-21(28)11-9-20/h3-11,14H,12-13,15-16H2,1-2H3,(H,29,31,33). The van der Waals surface area contributed by atoms with E-state index < -0.39 is 0 Å². The second-order valence-corrected chi connectivity index (χ2v) is 9.48. The van der Waals surface area contributed by atoms with Gasteiger partial charge >= 0.3 is 0 Å². The lowest BCUT2D eigenvalue weighted by Crippen LogP contribution is -2.28. The summed E-state index contributed by atoms with van der Waals surface area (Å²) >= 11 is 1.52. The zero-order valence-electron chi connectivity index (χ0n) is 19.5. The van der Waals surface area contributed by atoms with Gasteiger partial charge in [-0.1, -0.05) is 54.2 Å². The predicted molar refractivity (Wildman–Crippen MR) is 138 cm³/mol. The number of nitrogens with zero attached hydrogens (tertiary/aromatic N) is 3. The molecule has 6 nitrogen and oxygen atoms in total. The number of hydrogen-bond donors (Lipinski definition) is 1. The normalized spacial score (nSPS) is 13.2. The van der Waals surface area contributed by atoms with E-state index in [4.69, 9.17) is 4.74 Å². The molecule has 0 atom stereocenters. The molecule has 178 valence electrons. The van der Waals surface area contributed by atoms with Crippen LogP contribution in [0.2, 0.25) is 0 Å².